The molecule has 2 aromatic rings. The van der Waals surface area contributed by atoms with Crippen LogP contribution < -0.4 is 5.32 Å². The molecule has 0 aliphatic heterocycles. The minimum absolute atomic E-state index is 0.00435. The second-order valence-corrected chi connectivity index (χ2v) is 3.94. The van der Waals surface area contributed by atoms with E-state index < -0.39 is 0 Å². The third-order valence-electron chi connectivity index (χ3n) is 2.65. The van der Waals surface area contributed by atoms with Crippen LogP contribution in [0.5, 0.6) is 5.75 Å². The highest BCUT2D eigenvalue weighted by Crippen LogP contribution is 2.24. The molecule has 2 rings (SSSR count). The number of aromatic nitrogens is 4. The summed E-state index contributed by atoms with van der Waals surface area (Å²) in [4.78, 5) is 0. The molecular formula is C11H15N5O. The number of nitrogens with zero attached hydrogens (tertiary/aromatic N) is 3. The van der Waals surface area contributed by atoms with Crippen LogP contribution in [0.3, 0.4) is 0 Å². The molecular weight excluding hydrogens is 218 g/mol. The van der Waals surface area contributed by atoms with Crippen LogP contribution in [0.15, 0.2) is 24.3 Å². The van der Waals surface area contributed by atoms with E-state index in [2.05, 4.69) is 25.9 Å². The first kappa shape index (κ1) is 11.5. The summed E-state index contributed by atoms with van der Waals surface area (Å²) in [6.07, 6.45) is 0. The Balaban J connectivity index is 2.07. The lowest BCUT2D eigenvalue weighted by Gasteiger charge is -2.18. The Morgan fingerprint density at radius 3 is 2.65 bits per heavy atom. The lowest BCUT2D eigenvalue weighted by atomic mass is 10.1. The number of phenolic OH excluding ortho intramolecular Hbond substituents is 1. The molecule has 0 aliphatic carbocycles. The molecule has 0 saturated heterocycles. The van der Waals surface area contributed by atoms with Crippen molar-refractivity contribution in [3.05, 3.63) is 35.7 Å². The maximum Gasteiger partial charge on any atom is 0.191 e. The van der Waals surface area contributed by atoms with Gasteiger partial charge in [-0.2, -0.15) is 5.21 Å². The van der Waals surface area contributed by atoms with Gasteiger partial charge in [0.15, 0.2) is 5.82 Å². The highest BCUT2D eigenvalue weighted by Gasteiger charge is 2.16. The zero-order valence-corrected chi connectivity index (χ0v) is 9.75. The lowest BCUT2D eigenvalue weighted by molar-refractivity contribution is 0.433. The summed E-state index contributed by atoms with van der Waals surface area (Å²) >= 11 is 0. The third kappa shape index (κ3) is 2.59. The van der Waals surface area contributed by atoms with Crippen molar-refractivity contribution in [2.45, 2.75) is 25.9 Å². The Hall–Kier alpha value is -1.95. The van der Waals surface area contributed by atoms with E-state index >= 15 is 0 Å². The van der Waals surface area contributed by atoms with Gasteiger partial charge in [-0.1, -0.05) is 23.4 Å². The number of H-pyrrole nitrogens is 1. The number of rotatable bonds is 4. The van der Waals surface area contributed by atoms with Gasteiger partial charge in [-0.25, -0.2) is 0 Å². The van der Waals surface area contributed by atoms with E-state index in [0.717, 1.165) is 5.56 Å². The summed E-state index contributed by atoms with van der Waals surface area (Å²) in [5, 5.41) is 26.8. The van der Waals surface area contributed by atoms with Crippen LogP contribution in [-0.4, -0.2) is 25.7 Å². The van der Waals surface area contributed by atoms with E-state index in [0.29, 0.717) is 5.82 Å². The van der Waals surface area contributed by atoms with Crippen LogP contribution in [0.4, 0.5) is 0 Å². The van der Waals surface area contributed by atoms with Crippen molar-refractivity contribution in [3.8, 4) is 5.75 Å². The summed E-state index contributed by atoms with van der Waals surface area (Å²) in [6.45, 7) is 3.92. The molecule has 3 N–H and O–H groups in total. The molecule has 2 atom stereocenters. The van der Waals surface area contributed by atoms with Crippen LogP contribution in [0.2, 0.25) is 0 Å². The Morgan fingerprint density at radius 2 is 2.00 bits per heavy atom. The average molecular weight is 233 g/mol. The Kier molecular flexibility index (Phi) is 3.34. The van der Waals surface area contributed by atoms with Gasteiger partial charge in [0, 0.05) is 11.6 Å². The molecule has 0 bridgehead atoms. The fourth-order valence-corrected chi connectivity index (χ4v) is 1.75. The molecule has 0 aliphatic rings. The SMILES string of the molecule is CC(NC(C)c1ccccc1O)c1nn[nH]n1. The number of phenols is 1. The summed E-state index contributed by atoms with van der Waals surface area (Å²) in [6, 6.07) is 7.22. The largest absolute Gasteiger partial charge is 0.508 e. The van der Waals surface area contributed by atoms with Gasteiger partial charge in [-0.3, -0.25) is 0 Å². The van der Waals surface area contributed by atoms with Gasteiger partial charge in [0.25, 0.3) is 0 Å². The maximum atomic E-state index is 9.73. The van der Waals surface area contributed by atoms with Crippen molar-refractivity contribution in [3.63, 3.8) is 0 Å². The molecule has 0 fully saturated rings. The molecule has 6 heteroatoms. The first-order chi connectivity index (χ1) is 8.18. The highest BCUT2D eigenvalue weighted by molar-refractivity contribution is 5.34. The third-order valence-corrected chi connectivity index (χ3v) is 2.65. The van der Waals surface area contributed by atoms with Crippen molar-refractivity contribution in [1.29, 1.82) is 0 Å². The summed E-state index contributed by atoms with van der Waals surface area (Å²) in [5.74, 6) is 0.889. The van der Waals surface area contributed by atoms with Gasteiger partial charge in [0.05, 0.1) is 6.04 Å². The summed E-state index contributed by atoms with van der Waals surface area (Å²) in [7, 11) is 0. The monoisotopic (exact) mass is 233 g/mol. The topological polar surface area (TPSA) is 86.7 Å². The van der Waals surface area contributed by atoms with Crippen molar-refractivity contribution in [2.75, 3.05) is 0 Å². The molecule has 2 unspecified atom stereocenters. The van der Waals surface area contributed by atoms with E-state index in [1.165, 1.54) is 0 Å². The minimum atomic E-state index is -0.0386. The average Bonchev–Trinajstić information content (AvgIpc) is 2.82. The first-order valence-corrected chi connectivity index (χ1v) is 5.45. The van der Waals surface area contributed by atoms with Crippen LogP contribution in [0, 0.1) is 0 Å². The number of benzene rings is 1. The summed E-state index contributed by atoms with van der Waals surface area (Å²) < 4.78 is 0. The van der Waals surface area contributed by atoms with E-state index in [9.17, 15) is 5.11 Å². The van der Waals surface area contributed by atoms with Crippen molar-refractivity contribution >= 4 is 0 Å². The van der Waals surface area contributed by atoms with Crippen molar-refractivity contribution in [2.24, 2.45) is 0 Å². The normalized spacial score (nSPS) is 14.5. The number of tetrazole rings is 1. The van der Waals surface area contributed by atoms with E-state index in [-0.39, 0.29) is 17.8 Å². The molecule has 1 aromatic heterocycles. The van der Waals surface area contributed by atoms with Crippen LogP contribution >= 0.6 is 0 Å². The highest BCUT2D eigenvalue weighted by atomic mass is 16.3. The molecule has 0 saturated carbocycles. The predicted molar refractivity (Wildman–Crippen MR) is 62.3 cm³/mol. The van der Waals surface area contributed by atoms with Crippen molar-refractivity contribution in [1.82, 2.24) is 25.9 Å². The standard InChI is InChI=1S/C11H15N5O/c1-7(9-5-3-4-6-10(9)17)12-8(2)11-13-15-16-14-11/h3-8,12,17H,1-2H3,(H,13,14,15,16). The van der Waals surface area contributed by atoms with Gasteiger partial charge in [0.2, 0.25) is 0 Å². The van der Waals surface area contributed by atoms with Gasteiger partial charge < -0.3 is 10.4 Å². The second kappa shape index (κ2) is 4.92. The molecule has 90 valence electrons. The Bertz CT molecular complexity index is 470. The van der Waals surface area contributed by atoms with Gasteiger partial charge in [0.1, 0.15) is 5.75 Å². The van der Waals surface area contributed by atoms with Crippen molar-refractivity contribution < 1.29 is 5.11 Å². The fraction of sp³-hybridized carbons (Fsp3) is 0.364. The van der Waals surface area contributed by atoms with Crippen LogP contribution in [0.25, 0.3) is 0 Å². The number of para-hydroxylation sites is 1. The molecule has 17 heavy (non-hydrogen) atoms. The van der Waals surface area contributed by atoms with E-state index in [1.54, 1.807) is 12.1 Å². The molecule has 0 amide bonds. The van der Waals surface area contributed by atoms with E-state index in [4.69, 9.17) is 0 Å². The number of aromatic hydroxyl groups is 1. The quantitative estimate of drug-likeness (QED) is 0.741. The predicted octanol–water partition coefficient (Wildman–Crippen LogP) is 1.32. The molecule has 6 nitrogen and oxygen atoms in total. The number of nitrogens with one attached hydrogen (secondary N) is 2. The first-order valence-electron chi connectivity index (χ1n) is 5.45. The Morgan fingerprint density at radius 1 is 1.24 bits per heavy atom. The smallest absolute Gasteiger partial charge is 0.191 e. The maximum absolute atomic E-state index is 9.73. The second-order valence-electron chi connectivity index (χ2n) is 3.94. The molecule has 0 radical (unpaired) electrons. The van der Waals surface area contributed by atoms with Gasteiger partial charge >= 0.3 is 0 Å². The fourth-order valence-electron chi connectivity index (χ4n) is 1.75. The number of hydrogen-bond acceptors (Lipinski definition) is 5. The molecule has 1 heterocycles. The zero-order chi connectivity index (χ0) is 12.3. The van der Waals surface area contributed by atoms with Crippen LogP contribution in [0.1, 0.15) is 37.3 Å². The minimum Gasteiger partial charge on any atom is -0.508 e. The summed E-state index contributed by atoms with van der Waals surface area (Å²) in [5.41, 5.74) is 0.850. The zero-order valence-electron chi connectivity index (χ0n) is 9.75. The van der Waals surface area contributed by atoms with Gasteiger partial charge in [-0.05, 0) is 19.9 Å². The lowest BCUT2D eigenvalue weighted by Crippen LogP contribution is -2.23. The number of aromatic amines is 1. The van der Waals surface area contributed by atoms with Crippen LogP contribution in [-0.2, 0) is 0 Å². The number of hydrogen-bond donors (Lipinski definition) is 3. The Labute approximate surface area is 99.1 Å². The molecule has 1 aromatic carbocycles. The van der Waals surface area contributed by atoms with Gasteiger partial charge in [-0.15, -0.1) is 10.2 Å². The van der Waals surface area contributed by atoms with E-state index in [1.807, 2.05) is 26.0 Å². The molecule has 0 spiro atoms.